The van der Waals surface area contributed by atoms with Crippen LogP contribution in [0, 0.1) is 0 Å². The molecule has 0 amide bonds. The van der Waals surface area contributed by atoms with Crippen LogP contribution in [0.5, 0.6) is 5.75 Å². The van der Waals surface area contributed by atoms with Crippen LogP contribution in [0.2, 0.25) is 0 Å². The van der Waals surface area contributed by atoms with Gasteiger partial charge in [0.15, 0.2) is 0 Å². The second kappa shape index (κ2) is 3.58. The van der Waals surface area contributed by atoms with Crippen molar-refractivity contribution >= 4 is 21.6 Å². The van der Waals surface area contributed by atoms with E-state index in [1.54, 1.807) is 0 Å². The molecule has 1 aliphatic rings. The number of rotatable bonds is 2. The lowest BCUT2D eigenvalue weighted by atomic mass is 9.96. The van der Waals surface area contributed by atoms with E-state index in [0.717, 1.165) is 15.9 Å². The first-order chi connectivity index (χ1) is 6.24. The Kier molecular flexibility index (Phi) is 2.44. The molecular weight excluding hydrogens is 230 g/mol. The molecule has 2 rings (SSSR count). The molecule has 2 N–H and O–H groups in total. The highest BCUT2D eigenvalue weighted by Crippen LogP contribution is 2.28. The summed E-state index contributed by atoms with van der Waals surface area (Å²) in [5, 5.41) is 0. The fraction of sp³-hybridized carbons (Fsp3) is 0.400. The zero-order valence-corrected chi connectivity index (χ0v) is 8.88. The average molecular weight is 242 g/mol. The molecule has 2 nitrogen and oxygen atoms in total. The van der Waals surface area contributed by atoms with Gasteiger partial charge >= 0.3 is 0 Å². The molecule has 70 valence electrons. The number of nitrogen functional groups attached to an aromatic ring is 1. The maximum Gasteiger partial charge on any atom is 0.122 e. The first-order valence-corrected chi connectivity index (χ1v) is 5.26. The number of hydrogen-bond acceptors (Lipinski definition) is 2. The van der Waals surface area contributed by atoms with Crippen LogP contribution in [0.1, 0.15) is 19.3 Å². The smallest absolute Gasteiger partial charge is 0.122 e. The third-order valence-electron chi connectivity index (χ3n) is 2.25. The Labute approximate surface area is 86.2 Å². The van der Waals surface area contributed by atoms with E-state index >= 15 is 0 Å². The molecule has 1 aromatic rings. The highest BCUT2D eigenvalue weighted by Gasteiger charge is 2.19. The molecule has 3 heteroatoms. The topological polar surface area (TPSA) is 35.2 Å². The van der Waals surface area contributed by atoms with E-state index in [2.05, 4.69) is 15.9 Å². The van der Waals surface area contributed by atoms with Crippen LogP contribution in [0.15, 0.2) is 22.7 Å². The summed E-state index contributed by atoms with van der Waals surface area (Å²) in [6.45, 7) is 0. The molecule has 1 aliphatic carbocycles. The molecule has 13 heavy (non-hydrogen) atoms. The summed E-state index contributed by atoms with van der Waals surface area (Å²) in [4.78, 5) is 0. The van der Waals surface area contributed by atoms with Crippen molar-refractivity contribution in [2.75, 3.05) is 5.73 Å². The Bertz CT molecular complexity index is 290. The molecule has 1 saturated carbocycles. The number of ether oxygens (including phenoxy) is 1. The van der Waals surface area contributed by atoms with Crippen LogP contribution in [-0.4, -0.2) is 6.10 Å². The summed E-state index contributed by atoms with van der Waals surface area (Å²) in [5.41, 5.74) is 6.42. The van der Waals surface area contributed by atoms with Crippen LogP contribution >= 0.6 is 15.9 Å². The van der Waals surface area contributed by atoms with Gasteiger partial charge in [0.05, 0.1) is 6.10 Å². The molecule has 0 saturated heterocycles. The molecule has 1 fully saturated rings. The van der Waals surface area contributed by atoms with Crippen molar-refractivity contribution in [1.82, 2.24) is 0 Å². The third-order valence-corrected chi connectivity index (χ3v) is 2.71. The van der Waals surface area contributed by atoms with Gasteiger partial charge in [-0.2, -0.15) is 0 Å². The molecule has 0 bridgehead atoms. The van der Waals surface area contributed by atoms with Crippen LogP contribution < -0.4 is 10.5 Å². The SMILES string of the molecule is Nc1cc(Br)cc(OC2CCC2)c1. The average Bonchev–Trinajstić information content (AvgIpc) is 1.95. The highest BCUT2D eigenvalue weighted by molar-refractivity contribution is 9.10. The first kappa shape index (κ1) is 8.88. The van der Waals surface area contributed by atoms with Gasteiger partial charge in [0.2, 0.25) is 0 Å². The third kappa shape index (κ3) is 2.15. The maximum absolute atomic E-state index is 5.70. The van der Waals surface area contributed by atoms with Gasteiger partial charge < -0.3 is 10.5 Å². The van der Waals surface area contributed by atoms with Gasteiger partial charge in [-0.1, -0.05) is 15.9 Å². The Hall–Kier alpha value is -0.700. The number of nitrogens with two attached hydrogens (primary N) is 1. The second-order valence-electron chi connectivity index (χ2n) is 3.39. The summed E-state index contributed by atoms with van der Waals surface area (Å²) >= 11 is 3.38. The summed E-state index contributed by atoms with van der Waals surface area (Å²) in [7, 11) is 0. The van der Waals surface area contributed by atoms with Crippen LogP contribution in [-0.2, 0) is 0 Å². The number of anilines is 1. The largest absolute Gasteiger partial charge is 0.490 e. The van der Waals surface area contributed by atoms with Crippen LogP contribution in [0.4, 0.5) is 5.69 Å². The molecule has 0 radical (unpaired) electrons. The zero-order chi connectivity index (χ0) is 9.26. The maximum atomic E-state index is 5.70. The summed E-state index contributed by atoms with van der Waals surface area (Å²) in [6, 6.07) is 5.69. The van der Waals surface area contributed by atoms with Crippen molar-refractivity contribution < 1.29 is 4.74 Å². The molecule has 0 spiro atoms. The van der Waals surface area contributed by atoms with Gasteiger partial charge in [0.1, 0.15) is 5.75 Å². The normalized spacial score (nSPS) is 16.7. The van der Waals surface area contributed by atoms with Crippen molar-refractivity contribution in [3.8, 4) is 5.75 Å². The van der Waals surface area contributed by atoms with E-state index in [1.807, 2.05) is 18.2 Å². The molecule has 0 aromatic heterocycles. The van der Waals surface area contributed by atoms with Gasteiger partial charge in [-0.15, -0.1) is 0 Å². The number of hydrogen-bond donors (Lipinski definition) is 1. The molecule has 0 atom stereocenters. The second-order valence-corrected chi connectivity index (χ2v) is 4.31. The predicted molar refractivity (Wildman–Crippen MR) is 56.8 cm³/mol. The van der Waals surface area contributed by atoms with Crippen LogP contribution in [0.25, 0.3) is 0 Å². The van der Waals surface area contributed by atoms with Gasteiger partial charge in [0, 0.05) is 16.2 Å². The lowest BCUT2D eigenvalue weighted by Crippen LogP contribution is -2.24. The lowest BCUT2D eigenvalue weighted by molar-refractivity contribution is 0.120. The standard InChI is InChI=1S/C10H12BrNO/c11-7-4-8(12)6-10(5-7)13-9-2-1-3-9/h4-6,9H,1-3,12H2. The number of benzene rings is 1. The Morgan fingerprint density at radius 1 is 1.31 bits per heavy atom. The summed E-state index contributed by atoms with van der Waals surface area (Å²) in [6.07, 6.45) is 4.04. The Morgan fingerprint density at radius 2 is 2.08 bits per heavy atom. The minimum atomic E-state index is 0.411. The Morgan fingerprint density at radius 3 is 2.62 bits per heavy atom. The van der Waals surface area contributed by atoms with Crippen molar-refractivity contribution in [1.29, 1.82) is 0 Å². The van der Waals surface area contributed by atoms with E-state index in [0.29, 0.717) is 6.10 Å². The minimum Gasteiger partial charge on any atom is -0.490 e. The van der Waals surface area contributed by atoms with E-state index < -0.39 is 0 Å². The molecular formula is C10H12BrNO. The van der Waals surface area contributed by atoms with Crippen LogP contribution in [0.3, 0.4) is 0 Å². The van der Waals surface area contributed by atoms with Gasteiger partial charge in [-0.05, 0) is 31.4 Å². The Balaban J connectivity index is 2.10. The summed E-state index contributed by atoms with van der Waals surface area (Å²) in [5.74, 6) is 0.872. The van der Waals surface area contributed by atoms with Gasteiger partial charge in [0.25, 0.3) is 0 Å². The van der Waals surface area contributed by atoms with E-state index in [1.165, 1.54) is 19.3 Å². The highest BCUT2D eigenvalue weighted by atomic mass is 79.9. The first-order valence-electron chi connectivity index (χ1n) is 4.47. The molecule has 0 heterocycles. The van der Waals surface area contributed by atoms with E-state index in [9.17, 15) is 0 Å². The van der Waals surface area contributed by atoms with Gasteiger partial charge in [-0.25, -0.2) is 0 Å². The fourth-order valence-electron chi connectivity index (χ4n) is 1.33. The van der Waals surface area contributed by atoms with Crippen molar-refractivity contribution in [3.63, 3.8) is 0 Å². The fourth-order valence-corrected chi connectivity index (χ4v) is 1.82. The van der Waals surface area contributed by atoms with Crippen molar-refractivity contribution in [2.45, 2.75) is 25.4 Å². The molecule has 1 aromatic carbocycles. The summed E-state index contributed by atoms with van der Waals surface area (Å²) < 4.78 is 6.68. The van der Waals surface area contributed by atoms with Crippen molar-refractivity contribution in [2.24, 2.45) is 0 Å². The van der Waals surface area contributed by atoms with Crippen molar-refractivity contribution in [3.05, 3.63) is 22.7 Å². The molecule has 0 aliphatic heterocycles. The van der Waals surface area contributed by atoms with E-state index in [-0.39, 0.29) is 0 Å². The van der Waals surface area contributed by atoms with E-state index in [4.69, 9.17) is 10.5 Å². The number of halogens is 1. The lowest BCUT2D eigenvalue weighted by Gasteiger charge is -2.26. The molecule has 0 unspecified atom stereocenters. The monoisotopic (exact) mass is 241 g/mol. The quantitative estimate of drug-likeness (QED) is 0.809. The minimum absolute atomic E-state index is 0.411. The predicted octanol–water partition coefficient (Wildman–Crippen LogP) is 2.96. The zero-order valence-electron chi connectivity index (χ0n) is 7.29. The van der Waals surface area contributed by atoms with Gasteiger partial charge in [-0.3, -0.25) is 0 Å².